The van der Waals surface area contributed by atoms with Crippen LogP contribution in [-0.4, -0.2) is 34.4 Å². The number of amides is 1. The van der Waals surface area contributed by atoms with Crippen molar-refractivity contribution in [1.29, 1.82) is 0 Å². The van der Waals surface area contributed by atoms with E-state index in [0.717, 1.165) is 16.0 Å². The number of hydrogen-bond donors (Lipinski definition) is 1. The Morgan fingerprint density at radius 1 is 1.10 bits per heavy atom. The zero-order valence-corrected chi connectivity index (χ0v) is 17.2. The highest BCUT2D eigenvalue weighted by molar-refractivity contribution is 7.13. The fraction of sp³-hybridized carbons (Fsp3) is 0.182. The zero-order chi connectivity index (χ0) is 20.9. The van der Waals surface area contributed by atoms with Gasteiger partial charge in [0.25, 0.3) is 11.5 Å². The van der Waals surface area contributed by atoms with E-state index in [-0.39, 0.29) is 18.0 Å². The van der Waals surface area contributed by atoms with E-state index in [1.165, 1.54) is 16.0 Å². The molecule has 0 aliphatic rings. The van der Waals surface area contributed by atoms with Crippen molar-refractivity contribution in [1.82, 2.24) is 20.1 Å². The highest BCUT2D eigenvalue weighted by Crippen LogP contribution is 2.23. The number of ether oxygens (including phenoxy) is 1. The van der Waals surface area contributed by atoms with Gasteiger partial charge in [-0.15, -0.1) is 11.3 Å². The number of rotatable bonds is 7. The van der Waals surface area contributed by atoms with Crippen LogP contribution >= 0.6 is 11.3 Å². The number of hydrogen-bond acceptors (Lipinski definition) is 6. The third-order valence-electron chi connectivity index (χ3n) is 4.63. The smallest absolute Gasteiger partial charge is 0.274 e. The molecule has 152 valence electrons. The maximum atomic E-state index is 12.6. The monoisotopic (exact) mass is 420 g/mol. The summed E-state index contributed by atoms with van der Waals surface area (Å²) in [6, 6.07) is 17.0. The Balaban J connectivity index is 1.56. The van der Waals surface area contributed by atoms with Gasteiger partial charge >= 0.3 is 0 Å². The third kappa shape index (κ3) is 4.14. The van der Waals surface area contributed by atoms with Crippen LogP contribution in [0, 0.1) is 0 Å². The first kappa shape index (κ1) is 19.9. The SMILES string of the molecule is COCCn1nc(CNC(=O)c2csc(-c3ccccc3)n2)c2ccccc2c1=O. The predicted molar refractivity (Wildman–Crippen MR) is 117 cm³/mol. The normalized spacial score (nSPS) is 11.0. The van der Waals surface area contributed by atoms with Crippen LogP contribution in [0.3, 0.4) is 0 Å². The standard InChI is InChI=1S/C22H20N4O3S/c1-29-12-11-26-22(28)17-10-6-5-9-16(17)18(25-26)13-23-20(27)19-14-30-21(24-19)15-7-3-2-4-8-15/h2-10,14H,11-13H2,1H3,(H,23,27). The average Bonchev–Trinajstić information content (AvgIpc) is 3.29. The maximum absolute atomic E-state index is 12.6. The molecule has 0 atom stereocenters. The molecule has 0 fully saturated rings. The molecule has 0 aliphatic carbocycles. The first-order valence-electron chi connectivity index (χ1n) is 9.44. The largest absolute Gasteiger partial charge is 0.383 e. The van der Waals surface area contributed by atoms with E-state index in [0.29, 0.717) is 29.9 Å². The van der Waals surface area contributed by atoms with Gasteiger partial charge in [-0.05, 0) is 6.07 Å². The fourth-order valence-corrected chi connectivity index (χ4v) is 3.92. The van der Waals surface area contributed by atoms with Crippen molar-refractivity contribution in [3.8, 4) is 10.6 Å². The van der Waals surface area contributed by atoms with Gasteiger partial charge in [0.05, 0.1) is 30.8 Å². The molecular formula is C22H20N4O3S. The molecule has 2 heterocycles. The minimum Gasteiger partial charge on any atom is -0.383 e. The van der Waals surface area contributed by atoms with E-state index in [4.69, 9.17) is 4.74 Å². The molecule has 2 aromatic carbocycles. The van der Waals surface area contributed by atoms with Gasteiger partial charge in [0, 0.05) is 23.4 Å². The van der Waals surface area contributed by atoms with E-state index in [1.807, 2.05) is 48.5 Å². The molecule has 2 aromatic heterocycles. The summed E-state index contributed by atoms with van der Waals surface area (Å²) in [5.74, 6) is -0.283. The minimum absolute atomic E-state index is 0.176. The summed E-state index contributed by atoms with van der Waals surface area (Å²) in [6.45, 7) is 0.899. The Kier molecular flexibility index (Phi) is 5.97. The molecule has 4 aromatic rings. The van der Waals surface area contributed by atoms with Crippen LogP contribution in [-0.2, 0) is 17.8 Å². The summed E-state index contributed by atoms with van der Waals surface area (Å²) in [5.41, 5.74) is 1.77. The van der Waals surface area contributed by atoms with Gasteiger partial charge in [-0.1, -0.05) is 48.5 Å². The topological polar surface area (TPSA) is 86.1 Å². The molecule has 0 saturated carbocycles. The van der Waals surface area contributed by atoms with E-state index in [2.05, 4.69) is 15.4 Å². The number of aromatic nitrogens is 3. The van der Waals surface area contributed by atoms with Crippen LogP contribution in [0.1, 0.15) is 16.2 Å². The number of thiazole rings is 1. The summed E-state index contributed by atoms with van der Waals surface area (Å²) in [4.78, 5) is 29.7. The number of fused-ring (bicyclic) bond motifs is 1. The Labute approximate surface area is 177 Å². The molecule has 0 saturated heterocycles. The van der Waals surface area contributed by atoms with Gasteiger partial charge in [-0.25, -0.2) is 9.67 Å². The van der Waals surface area contributed by atoms with E-state index in [9.17, 15) is 9.59 Å². The number of nitrogens with zero attached hydrogens (tertiary/aromatic N) is 3. The molecule has 0 aliphatic heterocycles. The molecule has 0 bridgehead atoms. The first-order chi connectivity index (χ1) is 14.7. The Morgan fingerprint density at radius 3 is 2.60 bits per heavy atom. The lowest BCUT2D eigenvalue weighted by atomic mass is 10.1. The molecule has 1 N–H and O–H groups in total. The van der Waals surface area contributed by atoms with Crippen LogP contribution in [0.2, 0.25) is 0 Å². The van der Waals surface area contributed by atoms with Crippen molar-refractivity contribution >= 4 is 28.0 Å². The molecule has 4 rings (SSSR count). The molecule has 7 nitrogen and oxygen atoms in total. The van der Waals surface area contributed by atoms with Crippen molar-refractivity contribution in [2.75, 3.05) is 13.7 Å². The fourth-order valence-electron chi connectivity index (χ4n) is 3.11. The minimum atomic E-state index is -0.283. The maximum Gasteiger partial charge on any atom is 0.274 e. The summed E-state index contributed by atoms with van der Waals surface area (Å²) < 4.78 is 6.45. The molecule has 8 heteroatoms. The highest BCUT2D eigenvalue weighted by Gasteiger charge is 2.14. The van der Waals surface area contributed by atoms with Crippen LogP contribution in [0.15, 0.2) is 64.8 Å². The van der Waals surface area contributed by atoms with E-state index < -0.39 is 0 Å². The van der Waals surface area contributed by atoms with Gasteiger partial charge in [0.1, 0.15) is 10.7 Å². The van der Waals surface area contributed by atoms with E-state index in [1.54, 1.807) is 18.6 Å². The van der Waals surface area contributed by atoms with Crippen molar-refractivity contribution in [2.45, 2.75) is 13.1 Å². The van der Waals surface area contributed by atoms with Gasteiger partial charge in [0.2, 0.25) is 0 Å². The number of carbonyl (C=O) groups is 1. The molecule has 0 unspecified atom stereocenters. The van der Waals surface area contributed by atoms with Gasteiger partial charge < -0.3 is 10.1 Å². The van der Waals surface area contributed by atoms with Gasteiger partial charge in [-0.2, -0.15) is 5.10 Å². The average molecular weight is 420 g/mol. The zero-order valence-electron chi connectivity index (χ0n) is 16.4. The van der Waals surface area contributed by atoms with Crippen molar-refractivity contribution < 1.29 is 9.53 Å². The molecular weight excluding hydrogens is 400 g/mol. The molecule has 1 amide bonds. The lowest BCUT2D eigenvalue weighted by molar-refractivity contribution is 0.0946. The summed E-state index contributed by atoms with van der Waals surface area (Å²) in [7, 11) is 1.57. The summed E-state index contributed by atoms with van der Waals surface area (Å²) in [6.07, 6.45) is 0. The highest BCUT2D eigenvalue weighted by atomic mass is 32.1. The lowest BCUT2D eigenvalue weighted by Crippen LogP contribution is -2.29. The Morgan fingerprint density at radius 2 is 1.83 bits per heavy atom. The molecule has 30 heavy (non-hydrogen) atoms. The summed E-state index contributed by atoms with van der Waals surface area (Å²) in [5, 5.41) is 11.1. The van der Waals surface area contributed by atoms with Gasteiger partial charge in [-0.3, -0.25) is 9.59 Å². The van der Waals surface area contributed by atoms with Crippen molar-refractivity contribution in [3.63, 3.8) is 0 Å². The second-order valence-electron chi connectivity index (χ2n) is 6.60. The molecule has 0 radical (unpaired) electrons. The van der Waals surface area contributed by atoms with Crippen LogP contribution in [0.5, 0.6) is 0 Å². The second kappa shape index (κ2) is 8.98. The van der Waals surface area contributed by atoms with Gasteiger partial charge in [0.15, 0.2) is 0 Å². The van der Waals surface area contributed by atoms with Crippen LogP contribution in [0.4, 0.5) is 0 Å². The number of carbonyl (C=O) groups excluding carboxylic acids is 1. The number of nitrogens with one attached hydrogen (secondary N) is 1. The lowest BCUT2D eigenvalue weighted by Gasteiger charge is -2.11. The first-order valence-corrected chi connectivity index (χ1v) is 10.3. The van der Waals surface area contributed by atoms with Crippen molar-refractivity contribution in [2.24, 2.45) is 0 Å². The third-order valence-corrected chi connectivity index (χ3v) is 5.52. The number of methoxy groups -OCH3 is 1. The Hall–Kier alpha value is -3.36. The summed E-state index contributed by atoms with van der Waals surface area (Å²) >= 11 is 1.42. The predicted octanol–water partition coefficient (Wildman–Crippen LogP) is 3.10. The van der Waals surface area contributed by atoms with E-state index >= 15 is 0 Å². The Bertz CT molecular complexity index is 1230. The van der Waals surface area contributed by atoms with Crippen LogP contribution in [0.25, 0.3) is 21.3 Å². The second-order valence-corrected chi connectivity index (χ2v) is 7.46. The van der Waals surface area contributed by atoms with Crippen molar-refractivity contribution in [3.05, 3.63) is 81.7 Å². The number of benzene rings is 2. The van der Waals surface area contributed by atoms with Crippen LogP contribution < -0.4 is 10.9 Å². The quantitative estimate of drug-likeness (QED) is 0.497. The molecule has 0 spiro atoms.